The SMILES string of the molecule is CC(C)C[C@@H]1NC(=O)[C@@H]2CCCN2C(=O)[C@H](Cc2ccccc2)NC(=O)CSC[C@@H](C(N)=O)NC(=O)[C@H](Cc2ccc(-c3ccc(C(N)=O)cc3)cc2)NC(=O)[C@@H]2Cc3ccccc3CN2C(=O)[C@@H]2CCCN2C(=O)[C@H](CCCCN)NC1=O. The third-order valence-electron chi connectivity index (χ3n) is 16.0. The van der Waals surface area contributed by atoms with Crippen molar-refractivity contribution in [2.45, 2.75) is 139 Å². The van der Waals surface area contributed by atoms with Crippen molar-refractivity contribution in [1.29, 1.82) is 0 Å². The molecule has 10 amide bonds. The number of carbonyl (C=O) groups is 10. The Labute approximate surface area is 493 Å². The molecular formula is C62H77N11O10S. The van der Waals surface area contributed by atoms with Gasteiger partial charge in [0.15, 0.2) is 0 Å². The van der Waals surface area contributed by atoms with Crippen LogP contribution < -0.4 is 43.8 Å². The van der Waals surface area contributed by atoms with Crippen molar-refractivity contribution in [3.8, 4) is 11.1 Å². The summed E-state index contributed by atoms with van der Waals surface area (Å²) in [5.41, 5.74) is 22.1. The number of benzene rings is 4. The van der Waals surface area contributed by atoms with Crippen molar-refractivity contribution in [2.24, 2.45) is 23.1 Å². The van der Waals surface area contributed by atoms with Crippen LogP contribution in [0.4, 0.5) is 0 Å². The molecule has 0 aliphatic carbocycles. The van der Waals surface area contributed by atoms with Gasteiger partial charge in [-0.3, -0.25) is 47.9 Å². The van der Waals surface area contributed by atoms with Crippen molar-refractivity contribution in [3.63, 3.8) is 0 Å². The molecule has 4 aliphatic rings. The Morgan fingerprint density at radius 2 is 1.13 bits per heavy atom. The lowest BCUT2D eigenvalue weighted by Crippen LogP contribution is -2.61. The summed E-state index contributed by atoms with van der Waals surface area (Å²) in [4.78, 5) is 147. The normalized spacial score (nSPS) is 24.4. The zero-order valence-corrected chi connectivity index (χ0v) is 48.4. The molecule has 21 nitrogen and oxygen atoms in total. The smallest absolute Gasteiger partial charge is 0.248 e. The Morgan fingerprint density at radius 3 is 1.79 bits per heavy atom. The summed E-state index contributed by atoms with van der Waals surface area (Å²) in [5.74, 6) is -6.76. The van der Waals surface area contributed by atoms with E-state index < -0.39 is 107 Å². The minimum Gasteiger partial charge on any atom is -0.368 e. The maximum absolute atomic E-state index is 15.3. The first-order valence-electron chi connectivity index (χ1n) is 29.0. The number of amides is 10. The van der Waals surface area contributed by atoms with Crippen LogP contribution in [-0.2, 0) is 69.0 Å². The Balaban J connectivity index is 1.15. The number of hydrogen-bond donors (Lipinski definition) is 8. The highest BCUT2D eigenvalue weighted by Crippen LogP contribution is 2.30. The highest BCUT2D eigenvalue weighted by atomic mass is 32.2. The summed E-state index contributed by atoms with van der Waals surface area (Å²) < 4.78 is 0. The molecule has 0 unspecified atom stereocenters. The van der Waals surface area contributed by atoms with Gasteiger partial charge in [-0.05, 0) is 109 Å². The molecule has 0 radical (unpaired) electrons. The molecule has 8 atom stereocenters. The number of nitrogens with two attached hydrogens (primary N) is 3. The first-order chi connectivity index (χ1) is 40.4. The number of carbonyl (C=O) groups excluding carboxylic acids is 10. The fraction of sp³-hybridized carbons (Fsp3) is 0.452. The molecule has 4 heterocycles. The van der Waals surface area contributed by atoms with Crippen LogP contribution in [0.2, 0.25) is 0 Å². The molecule has 4 aromatic carbocycles. The predicted molar refractivity (Wildman–Crippen MR) is 317 cm³/mol. The van der Waals surface area contributed by atoms with Crippen LogP contribution >= 0.6 is 11.8 Å². The summed E-state index contributed by atoms with van der Waals surface area (Å²) in [5, 5.41) is 14.4. The third-order valence-corrected chi connectivity index (χ3v) is 17.1. The second-order valence-corrected chi connectivity index (χ2v) is 23.6. The third kappa shape index (κ3) is 15.7. The average molecular weight is 1170 g/mol. The monoisotopic (exact) mass is 1170 g/mol. The number of unbranched alkanes of at least 4 members (excludes halogenated alkanes) is 1. The van der Waals surface area contributed by atoms with Crippen LogP contribution in [0.1, 0.15) is 97.8 Å². The molecular weight excluding hydrogens is 1090 g/mol. The summed E-state index contributed by atoms with van der Waals surface area (Å²) in [6.07, 6.45) is 2.87. The predicted octanol–water partition coefficient (Wildman–Crippen LogP) is 2.00. The van der Waals surface area contributed by atoms with Gasteiger partial charge < -0.3 is 58.5 Å². The summed E-state index contributed by atoms with van der Waals surface area (Å²) in [6, 6.07) is 21.1. The lowest BCUT2D eigenvalue weighted by Gasteiger charge is -2.40. The summed E-state index contributed by atoms with van der Waals surface area (Å²) >= 11 is 0.983. The van der Waals surface area contributed by atoms with Crippen LogP contribution in [-0.4, -0.2) is 153 Å². The number of nitrogens with zero attached hydrogens (tertiary/aromatic N) is 3. The number of hydrogen-bond acceptors (Lipinski definition) is 12. The summed E-state index contributed by atoms with van der Waals surface area (Å²) in [7, 11) is 0. The van der Waals surface area contributed by atoms with E-state index >= 15 is 14.4 Å². The maximum Gasteiger partial charge on any atom is 0.248 e. The van der Waals surface area contributed by atoms with E-state index in [1.165, 1.54) is 14.7 Å². The lowest BCUT2D eigenvalue weighted by atomic mass is 9.92. The van der Waals surface area contributed by atoms with Crippen LogP contribution in [0, 0.1) is 5.92 Å². The van der Waals surface area contributed by atoms with E-state index in [4.69, 9.17) is 17.2 Å². The Bertz CT molecular complexity index is 3060. The van der Waals surface area contributed by atoms with Gasteiger partial charge in [-0.25, -0.2) is 0 Å². The van der Waals surface area contributed by atoms with Crippen molar-refractivity contribution < 1.29 is 47.9 Å². The van der Waals surface area contributed by atoms with E-state index in [1.807, 2.05) is 68.4 Å². The fourth-order valence-electron chi connectivity index (χ4n) is 11.6. The molecule has 3 saturated heterocycles. The van der Waals surface area contributed by atoms with Gasteiger partial charge in [0.2, 0.25) is 59.1 Å². The standard InChI is InChI=1S/C62H77N11O10S/c1-37(2)30-46-56(77)67-45(16-8-9-27-63)60(81)72-29-11-18-51(72)62(83)73-34-44-15-7-6-14-43(44)33-52(73)59(80)69-47(31-39-19-21-40(22-20-39)41-23-25-42(26-24-41)54(64)75)57(78)70-49(55(65)76)35-84-36-53(74)66-48(32-38-12-4-3-5-13-38)61(82)71-28-10-17-50(71)58(79)68-46/h3-7,12-15,19-26,37,45-52H,8-11,16-18,27-36,63H2,1-2H3,(H2,64,75)(H2,65,76)(H,66,74)(H,67,77)(H,68,79)(H,69,80)(H,70,78)/t45-,46-,47-,48-,49-,50-,51-,52-/m0/s1. The van der Waals surface area contributed by atoms with E-state index in [-0.39, 0.29) is 82.0 Å². The fourth-order valence-corrected chi connectivity index (χ4v) is 12.4. The van der Waals surface area contributed by atoms with Crippen LogP contribution in [0.5, 0.6) is 0 Å². The molecule has 0 bridgehead atoms. The van der Waals surface area contributed by atoms with Gasteiger partial charge in [-0.15, -0.1) is 11.8 Å². The van der Waals surface area contributed by atoms with Crippen molar-refractivity contribution >= 4 is 70.8 Å². The van der Waals surface area contributed by atoms with Crippen molar-refractivity contribution in [2.75, 3.05) is 31.1 Å². The minimum atomic E-state index is -1.35. The largest absolute Gasteiger partial charge is 0.368 e. The van der Waals surface area contributed by atoms with E-state index in [9.17, 15) is 33.6 Å². The molecule has 3 fully saturated rings. The first-order valence-corrected chi connectivity index (χ1v) is 30.1. The number of rotatable bonds is 13. The maximum atomic E-state index is 15.3. The van der Waals surface area contributed by atoms with Gasteiger partial charge in [0.05, 0.1) is 5.75 Å². The van der Waals surface area contributed by atoms with Gasteiger partial charge in [-0.2, -0.15) is 0 Å². The molecule has 0 spiro atoms. The molecule has 0 aromatic heterocycles. The molecule has 22 heteroatoms. The number of thioether (sulfide) groups is 1. The van der Waals surface area contributed by atoms with Crippen LogP contribution in [0.3, 0.4) is 0 Å². The Kier molecular flexibility index (Phi) is 21.3. The molecule has 0 saturated carbocycles. The van der Waals surface area contributed by atoms with Crippen molar-refractivity contribution in [1.82, 2.24) is 41.3 Å². The highest BCUT2D eigenvalue weighted by Gasteiger charge is 2.45. The topological polar surface area (TPSA) is 319 Å². The van der Waals surface area contributed by atoms with E-state index in [1.54, 1.807) is 48.5 Å². The van der Waals surface area contributed by atoms with E-state index in [0.717, 1.165) is 39.6 Å². The molecule has 11 N–H and O–H groups in total. The molecule has 4 aliphatic heterocycles. The summed E-state index contributed by atoms with van der Waals surface area (Å²) in [6.45, 7) is 4.51. The minimum absolute atomic E-state index is 0.00316. The molecule has 8 rings (SSSR count). The Morgan fingerprint density at radius 1 is 0.571 bits per heavy atom. The van der Waals surface area contributed by atoms with Gasteiger partial charge in [0.25, 0.3) is 0 Å². The Hall–Kier alpha value is -8.11. The van der Waals surface area contributed by atoms with Crippen LogP contribution in [0.25, 0.3) is 11.1 Å². The average Bonchev–Trinajstić information content (AvgIpc) is 2.39. The van der Waals surface area contributed by atoms with Gasteiger partial charge >= 0.3 is 0 Å². The number of primary amides is 2. The zero-order chi connectivity index (χ0) is 60.0. The van der Waals surface area contributed by atoms with Gasteiger partial charge in [0, 0.05) is 50.2 Å². The number of nitrogens with one attached hydrogen (secondary N) is 5. The lowest BCUT2D eigenvalue weighted by molar-refractivity contribution is -0.150. The molecule has 84 heavy (non-hydrogen) atoms. The van der Waals surface area contributed by atoms with Gasteiger partial charge in [-0.1, -0.05) is 105 Å². The van der Waals surface area contributed by atoms with Gasteiger partial charge in [0.1, 0.15) is 48.3 Å². The second-order valence-electron chi connectivity index (χ2n) is 22.6. The quantitative estimate of drug-likeness (QED) is 0.0892. The van der Waals surface area contributed by atoms with Crippen molar-refractivity contribution in [3.05, 3.63) is 131 Å². The van der Waals surface area contributed by atoms with Crippen LogP contribution in [0.15, 0.2) is 103 Å². The number of fused-ring (bicyclic) bond motifs is 4. The first kappa shape index (κ1) is 61.9. The zero-order valence-electron chi connectivity index (χ0n) is 47.6. The molecule has 4 aromatic rings. The molecule has 446 valence electrons. The van der Waals surface area contributed by atoms with E-state index in [0.29, 0.717) is 43.4 Å². The second kappa shape index (κ2) is 28.9. The highest BCUT2D eigenvalue weighted by molar-refractivity contribution is 8.00. The van der Waals surface area contributed by atoms with E-state index in [2.05, 4.69) is 26.6 Å².